The van der Waals surface area contributed by atoms with E-state index >= 15 is 0 Å². The van der Waals surface area contributed by atoms with E-state index < -0.39 is 0 Å². The van der Waals surface area contributed by atoms with Crippen molar-refractivity contribution in [3.63, 3.8) is 0 Å². The Morgan fingerprint density at radius 3 is 2.21 bits per heavy atom. The first-order valence-corrected chi connectivity index (χ1v) is 5.26. The van der Waals surface area contributed by atoms with Gasteiger partial charge in [-0.1, -0.05) is 25.5 Å². The van der Waals surface area contributed by atoms with Crippen molar-refractivity contribution in [1.29, 1.82) is 0 Å². The minimum absolute atomic E-state index is 0.492. The molecule has 2 nitrogen and oxygen atoms in total. The molecule has 2 N–H and O–H groups in total. The lowest BCUT2D eigenvalue weighted by atomic mass is 10.0. The van der Waals surface area contributed by atoms with Gasteiger partial charge in [0, 0.05) is 18.8 Å². The van der Waals surface area contributed by atoms with Crippen LogP contribution in [0.15, 0.2) is 24.3 Å². The smallest absolute Gasteiger partial charge is 0.0337 e. The minimum atomic E-state index is 0.492. The molecule has 0 heterocycles. The third kappa shape index (κ3) is 2.74. The van der Waals surface area contributed by atoms with Crippen LogP contribution in [0.5, 0.6) is 0 Å². The minimum Gasteiger partial charge on any atom is -0.388 e. The van der Waals surface area contributed by atoms with Crippen LogP contribution >= 0.6 is 0 Å². The van der Waals surface area contributed by atoms with Gasteiger partial charge in [-0.25, -0.2) is 0 Å². The Kier molecular flexibility index (Phi) is 4.47. The predicted molar refractivity (Wildman–Crippen MR) is 62.7 cm³/mol. The summed E-state index contributed by atoms with van der Waals surface area (Å²) >= 11 is 0. The molecule has 0 saturated carbocycles. The first-order valence-electron chi connectivity index (χ1n) is 5.26. The second-order valence-corrected chi connectivity index (χ2v) is 3.50. The van der Waals surface area contributed by atoms with E-state index in [4.69, 9.17) is 0 Å². The van der Waals surface area contributed by atoms with Crippen molar-refractivity contribution in [2.75, 3.05) is 19.4 Å². The Balaban J connectivity index is 2.73. The zero-order valence-corrected chi connectivity index (χ0v) is 9.30. The third-order valence-electron chi connectivity index (χ3n) is 2.53. The van der Waals surface area contributed by atoms with Crippen molar-refractivity contribution >= 4 is 5.69 Å². The normalized spacial score (nSPS) is 12.5. The van der Waals surface area contributed by atoms with Crippen LogP contribution in [0.4, 0.5) is 5.69 Å². The third-order valence-corrected chi connectivity index (χ3v) is 2.53. The highest BCUT2D eigenvalue weighted by Gasteiger charge is 2.06. The predicted octanol–water partition coefficient (Wildman–Crippen LogP) is 2.79. The largest absolute Gasteiger partial charge is 0.388 e. The van der Waals surface area contributed by atoms with Crippen LogP contribution in [0.1, 0.15) is 31.4 Å². The number of anilines is 1. The topological polar surface area (TPSA) is 24.1 Å². The van der Waals surface area contributed by atoms with E-state index in [2.05, 4.69) is 41.8 Å². The molecule has 0 fully saturated rings. The molecule has 1 atom stereocenters. The summed E-state index contributed by atoms with van der Waals surface area (Å²) in [5, 5.41) is 6.46. The number of nitrogens with one attached hydrogen (secondary N) is 2. The maximum absolute atomic E-state index is 3.34. The van der Waals surface area contributed by atoms with Crippen molar-refractivity contribution in [3.8, 4) is 0 Å². The first kappa shape index (κ1) is 11.1. The van der Waals surface area contributed by atoms with Gasteiger partial charge in [0.05, 0.1) is 0 Å². The van der Waals surface area contributed by atoms with E-state index in [1.54, 1.807) is 0 Å². The molecule has 1 aromatic carbocycles. The molecule has 1 aromatic rings. The molecule has 0 saturated heterocycles. The lowest BCUT2D eigenvalue weighted by Gasteiger charge is -2.15. The molecule has 2 heteroatoms. The van der Waals surface area contributed by atoms with Gasteiger partial charge in [0.25, 0.3) is 0 Å². The number of hydrogen-bond donors (Lipinski definition) is 2. The summed E-state index contributed by atoms with van der Waals surface area (Å²) in [6.07, 6.45) is 2.40. The van der Waals surface area contributed by atoms with E-state index in [1.165, 1.54) is 24.1 Å². The van der Waals surface area contributed by atoms with Gasteiger partial charge in [-0.2, -0.15) is 0 Å². The second-order valence-electron chi connectivity index (χ2n) is 3.50. The van der Waals surface area contributed by atoms with Crippen LogP contribution in [-0.2, 0) is 0 Å². The molecule has 0 aliphatic heterocycles. The average molecular weight is 192 g/mol. The molecule has 0 spiro atoms. The first-order chi connectivity index (χ1) is 6.81. The fourth-order valence-corrected chi connectivity index (χ4v) is 1.65. The Bertz CT molecular complexity index is 254. The van der Waals surface area contributed by atoms with Crippen LogP contribution in [0.3, 0.4) is 0 Å². The van der Waals surface area contributed by atoms with Gasteiger partial charge in [-0.3, -0.25) is 0 Å². The van der Waals surface area contributed by atoms with Gasteiger partial charge in [-0.15, -0.1) is 0 Å². The Morgan fingerprint density at radius 1 is 1.14 bits per heavy atom. The fraction of sp³-hybridized carbons (Fsp3) is 0.500. The zero-order valence-electron chi connectivity index (χ0n) is 9.30. The van der Waals surface area contributed by atoms with Crippen molar-refractivity contribution in [2.24, 2.45) is 0 Å². The summed E-state index contributed by atoms with van der Waals surface area (Å²) in [6, 6.07) is 9.10. The lowest BCUT2D eigenvalue weighted by molar-refractivity contribution is 0.542. The van der Waals surface area contributed by atoms with Gasteiger partial charge < -0.3 is 10.6 Å². The van der Waals surface area contributed by atoms with E-state index in [0.717, 1.165) is 0 Å². The molecule has 1 rings (SSSR count). The summed E-state index contributed by atoms with van der Waals surface area (Å²) in [4.78, 5) is 0. The van der Waals surface area contributed by atoms with Crippen molar-refractivity contribution in [2.45, 2.75) is 25.8 Å². The maximum Gasteiger partial charge on any atom is 0.0337 e. The highest BCUT2D eigenvalue weighted by Crippen LogP contribution is 2.19. The van der Waals surface area contributed by atoms with Crippen molar-refractivity contribution < 1.29 is 0 Å². The van der Waals surface area contributed by atoms with Crippen LogP contribution in [-0.4, -0.2) is 14.1 Å². The Hall–Kier alpha value is -1.02. The van der Waals surface area contributed by atoms with Gasteiger partial charge in [-0.05, 0) is 31.2 Å². The molecular weight excluding hydrogens is 172 g/mol. The highest BCUT2D eigenvalue weighted by molar-refractivity contribution is 5.44. The maximum atomic E-state index is 3.34. The zero-order chi connectivity index (χ0) is 10.4. The van der Waals surface area contributed by atoms with Crippen LogP contribution in [0.2, 0.25) is 0 Å². The van der Waals surface area contributed by atoms with Crippen LogP contribution in [0.25, 0.3) is 0 Å². The van der Waals surface area contributed by atoms with Crippen LogP contribution < -0.4 is 10.6 Å². The summed E-state index contributed by atoms with van der Waals surface area (Å²) in [7, 11) is 3.96. The second kappa shape index (κ2) is 5.66. The molecule has 0 bridgehead atoms. The van der Waals surface area contributed by atoms with Gasteiger partial charge in [0.1, 0.15) is 0 Å². The molecule has 0 aromatic heterocycles. The number of benzene rings is 1. The Morgan fingerprint density at radius 2 is 1.79 bits per heavy atom. The van der Waals surface area contributed by atoms with Gasteiger partial charge >= 0.3 is 0 Å². The van der Waals surface area contributed by atoms with Crippen LogP contribution in [0, 0.1) is 0 Å². The molecule has 14 heavy (non-hydrogen) atoms. The molecule has 78 valence electrons. The van der Waals surface area contributed by atoms with E-state index in [0.29, 0.717) is 6.04 Å². The van der Waals surface area contributed by atoms with E-state index in [9.17, 15) is 0 Å². The van der Waals surface area contributed by atoms with Crippen molar-refractivity contribution in [3.05, 3.63) is 29.8 Å². The average Bonchev–Trinajstić information content (AvgIpc) is 2.26. The summed E-state index contributed by atoms with van der Waals surface area (Å²) in [5.74, 6) is 0. The highest BCUT2D eigenvalue weighted by atomic mass is 14.9. The van der Waals surface area contributed by atoms with E-state index in [-0.39, 0.29) is 0 Å². The summed E-state index contributed by atoms with van der Waals surface area (Å²) < 4.78 is 0. The van der Waals surface area contributed by atoms with Crippen molar-refractivity contribution in [1.82, 2.24) is 5.32 Å². The van der Waals surface area contributed by atoms with E-state index in [1.807, 2.05) is 14.1 Å². The monoisotopic (exact) mass is 192 g/mol. The summed E-state index contributed by atoms with van der Waals surface area (Å²) in [6.45, 7) is 2.21. The Labute approximate surface area is 86.7 Å². The molecule has 0 amide bonds. The summed E-state index contributed by atoms with van der Waals surface area (Å²) in [5.41, 5.74) is 2.54. The SMILES string of the molecule is CCCC(NC)c1ccc(NC)cc1. The molecule has 0 radical (unpaired) electrons. The number of hydrogen-bond acceptors (Lipinski definition) is 2. The lowest BCUT2D eigenvalue weighted by Crippen LogP contribution is -2.15. The molecular formula is C12H20N2. The molecule has 0 aliphatic rings. The molecule has 1 unspecified atom stereocenters. The van der Waals surface area contributed by atoms with Gasteiger partial charge in [0.2, 0.25) is 0 Å². The standard InChI is InChI=1S/C12H20N2/c1-4-5-12(14-3)10-6-8-11(13-2)9-7-10/h6-9,12-14H,4-5H2,1-3H3. The fourth-order valence-electron chi connectivity index (χ4n) is 1.65. The molecule has 0 aliphatic carbocycles. The van der Waals surface area contributed by atoms with Gasteiger partial charge in [0.15, 0.2) is 0 Å². The quantitative estimate of drug-likeness (QED) is 0.749. The number of rotatable bonds is 5.